The van der Waals surface area contributed by atoms with E-state index in [1.165, 1.54) is 25.8 Å². The average molecular weight is 295 g/mol. The third-order valence-electron chi connectivity index (χ3n) is 5.20. The molecule has 0 saturated carbocycles. The summed E-state index contributed by atoms with van der Waals surface area (Å²) in [5, 5.41) is 3.44. The smallest absolute Gasteiger partial charge is 0.222 e. The maximum atomic E-state index is 12.4. The zero-order valence-corrected chi connectivity index (χ0v) is 13.9. The Morgan fingerprint density at radius 3 is 2.67 bits per heavy atom. The van der Waals surface area contributed by atoms with Gasteiger partial charge >= 0.3 is 0 Å². The van der Waals surface area contributed by atoms with Gasteiger partial charge in [0, 0.05) is 32.6 Å². The fourth-order valence-corrected chi connectivity index (χ4v) is 3.72. The van der Waals surface area contributed by atoms with Crippen LogP contribution in [-0.4, -0.2) is 61.5 Å². The SMILES string of the molecule is CCCN1CCC(N(C)C(=O)CCC2CCCNC2)CC1. The molecule has 4 nitrogen and oxygen atoms in total. The first kappa shape index (κ1) is 16.8. The molecule has 0 aliphatic carbocycles. The lowest BCUT2D eigenvalue weighted by Crippen LogP contribution is -2.45. The van der Waals surface area contributed by atoms with Crippen LogP contribution in [0.1, 0.15) is 51.9 Å². The first-order chi connectivity index (χ1) is 10.2. The Bertz CT molecular complexity index is 307. The Kier molecular flexibility index (Phi) is 6.97. The van der Waals surface area contributed by atoms with Crippen LogP contribution in [0.4, 0.5) is 0 Å². The van der Waals surface area contributed by atoms with Gasteiger partial charge in [0.2, 0.25) is 5.91 Å². The second-order valence-corrected chi connectivity index (χ2v) is 6.83. The molecule has 2 aliphatic heterocycles. The predicted octanol–water partition coefficient (Wildman–Crippen LogP) is 2.10. The Morgan fingerprint density at radius 1 is 1.29 bits per heavy atom. The molecule has 2 rings (SSSR count). The van der Waals surface area contributed by atoms with E-state index in [1.807, 2.05) is 11.9 Å². The molecule has 0 radical (unpaired) electrons. The van der Waals surface area contributed by atoms with Gasteiger partial charge in [0.05, 0.1) is 0 Å². The fraction of sp³-hybridized carbons (Fsp3) is 0.941. The van der Waals surface area contributed by atoms with Gasteiger partial charge in [0.1, 0.15) is 0 Å². The summed E-state index contributed by atoms with van der Waals surface area (Å²) in [6.07, 6.45) is 7.88. The maximum Gasteiger partial charge on any atom is 0.222 e. The maximum absolute atomic E-state index is 12.4. The number of carbonyl (C=O) groups excluding carboxylic acids is 1. The van der Waals surface area contributed by atoms with E-state index in [9.17, 15) is 4.79 Å². The van der Waals surface area contributed by atoms with Crippen molar-refractivity contribution >= 4 is 5.91 Å². The first-order valence-electron chi connectivity index (χ1n) is 8.89. The molecular weight excluding hydrogens is 262 g/mol. The fourth-order valence-electron chi connectivity index (χ4n) is 3.72. The summed E-state index contributed by atoms with van der Waals surface area (Å²) in [7, 11) is 2.02. The van der Waals surface area contributed by atoms with Crippen molar-refractivity contribution in [2.24, 2.45) is 5.92 Å². The number of likely N-dealkylation sites (tertiary alicyclic amines) is 1. The van der Waals surface area contributed by atoms with E-state index in [2.05, 4.69) is 17.1 Å². The highest BCUT2D eigenvalue weighted by Gasteiger charge is 2.25. The molecule has 122 valence electrons. The molecule has 4 heteroatoms. The lowest BCUT2D eigenvalue weighted by Gasteiger charge is -2.37. The highest BCUT2D eigenvalue weighted by Crippen LogP contribution is 2.19. The number of hydrogen-bond donors (Lipinski definition) is 1. The molecule has 2 aliphatic rings. The molecule has 2 saturated heterocycles. The van der Waals surface area contributed by atoms with Crippen molar-refractivity contribution < 1.29 is 4.79 Å². The molecule has 1 amide bonds. The van der Waals surface area contributed by atoms with E-state index in [0.29, 0.717) is 17.9 Å². The molecule has 0 spiro atoms. The first-order valence-corrected chi connectivity index (χ1v) is 8.89. The van der Waals surface area contributed by atoms with Gasteiger partial charge in [-0.3, -0.25) is 4.79 Å². The Labute approximate surface area is 130 Å². The predicted molar refractivity (Wildman–Crippen MR) is 87.4 cm³/mol. The van der Waals surface area contributed by atoms with Gasteiger partial charge in [0.25, 0.3) is 0 Å². The second-order valence-electron chi connectivity index (χ2n) is 6.83. The monoisotopic (exact) mass is 295 g/mol. The summed E-state index contributed by atoms with van der Waals surface area (Å²) in [4.78, 5) is 17.0. The van der Waals surface area contributed by atoms with Crippen molar-refractivity contribution in [3.63, 3.8) is 0 Å². The Morgan fingerprint density at radius 2 is 2.05 bits per heavy atom. The second kappa shape index (κ2) is 8.74. The third-order valence-corrected chi connectivity index (χ3v) is 5.20. The van der Waals surface area contributed by atoms with Crippen LogP contribution < -0.4 is 5.32 Å². The van der Waals surface area contributed by atoms with Crippen molar-refractivity contribution in [3.05, 3.63) is 0 Å². The van der Waals surface area contributed by atoms with Crippen LogP contribution in [0.15, 0.2) is 0 Å². The molecule has 1 atom stereocenters. The number of hydrogen-bond acceptors (Lipinski definition) is 3. The number of rotatable bonds is 6. The van der Waals surface area contributed by atoms with Crippen LogP contribution in [0.25, 0.3) is 0 Å². The van der Waals surface area contributed by atoms with Gasteiger partial charge in [-0.1, -0.05) is 6.92 Å². The summed E-state index contributed by atoms with van der Waals surface area (Å²) in [5.41, 5.74) is 0. The molecule has 2 heterocycles. The zero-order valence-electron chi connectivity index (χ0n) is 13.9. The summed E-state index contributed by atoms with van der Waals surface area (Å²) >= 11 is 0. The topological polar surface area (TPSA) is 35.6 Å². The summed E-state index contributed by atoms with van der Waals surface area (Å²) < 4.78 is 0. The number of piperidine rings is 2. The summed E-state index contributed by atoms with van der Waals surface area (Å²) in [6, 6.07) is 0.468. The highest BCUT2D eigenvalue weighted by atomic mass is 16.2. The zero-order chi connectivity index (χ0) is 15.1. The van der Waals surface area contributed by atoms with Crippen LogP contribution in [0.5, 0.6) is 0 Å². The Hall–Kier alpha value is -0.610. The number of nitrogens with one attached hydrogen (secondary N) is 1. The number of carbonyl (C=O) groups is 1. The van der Waals surface area contributed by atoms with E-state index >= 15 is 0 Å². The molecule has 0 aromatic heterocycles. The van der Waals surface area contributed by atoms with E-state index in [0.717, 1.165) is 51.9 Å². The normalized spacial score (nSPS) is 25.0. The van der Waals surface area contributed by atoms with E-state index < -0.39 is 0 Å². The van der Waals surface area contributed by atoms with Gasteiger partial charge in [-0.05, 0) is 64.1 Å². The average Bonchev–Trinajstić information content (AvgIpc) is 2.54. The van der Waals surface area contributed by atoms with E-state index in [1.54, 1.807) is 0 Å². The van der Waals surface area contributed by atoms with Crippen molar-refractivity contribution in [3.8, 4) is 0 Å². The van der Waals surface area contributed by atoms with Crippen LogP contribution in [0.2, 0.25) is 0 Å². The number of nitrogens with zero attached hydrogens (tertiary/aromatic N) is 2. The van der Waals surface area contributed by atoms with E-state index in [4.69, 9.17) is 0 Å². The molecule has 1 unspecified atom stereocenters. The van der Waals surface area contributed by atoms with Gasteiger partial charge in [-0.2, -0.15) is 0 Å². The van der Waals surface area contributed by atoms with Gasteiger partial charge < -0.3 is 15.1 Å². The van der Waals surface area contributed by atoms with Crippen LogP contribution >= 0.6 is 0 Å². The standard InChI is InChI=1S/C17H33N3O/c1-3-11-20-12-8-16(9-13-20)19(2)17(21)7-6-15-5-4-10-18-14-15/h15-16,18H,3-14H2,1-2H3. The minimum atomic E-state index is 0.356. The van der Waals surface area contributed by atoms with Gasteiger partial charge in [-0.25, -0.2) is 0 Å². The third kappa shape index (κ3) is 5.26. The molecule has 0 bridgehead atoms. The number of amides is 1. The van der Waals surface area contributed by atoms with Gasteiger partial charge in [0.15, 0.2) is 0 Å². The van der Waals surface area contributed by atoms with Gasteiger partial charge in [-0.15, -0.1) is 0 Å². The largest absolute Gasteiger partial charge is 0.343 e. The van der Waals surface area contributed by atoms with E-state index in [-0.39, 0.29) is 0 Å². The molecule has 0 aromatic carbocycles. The van der Waals surface area contributed by atoms with Crippen LogP contribution in [0, 0.1) is 5.92 Å². The van der Waals surface area contributed by atoms with Crippen LogP contribution in [0.3, 0.4) is 0 Å². The quantitative estimate of drug-likeness (QED) is 0.815. The lowest BCUT2D eigenvalue weighted by atomic mass is 9.94. The lowest BCUT2D eigenvalue weighted by molar-refractivity contribution is -0.133. The Balaban J connectivity index is 1.67. The minimum absolute atomic E-state index is 0.356. The van der Waals surface area contributed by atoms with Crippen LogP contribution in [-0.2, 0) is 4.79 Å². The highest BCUT2D eigenvalue weighted by molar-refractivity contribution is 5.76. The molecule has 21 heavy (non-hydrogen) atoms. The van der Waals surface area contributed by atoms with Crippen molar-refractivity contribution in [1.82, 2.24) is 15.1 Å². The van der Waals surface area contributed by atoms with Crippen molar-refractivity contribution in [2.45, 2.75) is 57.9 Å². The minimum Gasteiger partial charge on any atom is -0.343 e. The van der Waals surface area contributed by atoms with Crippen molar-refractivity contribution in [1.29, 1.82) is 0 Å². The summed E-state index contributed by atoms with van der Waals surface area (Å²) in [5.74, 6) is 1.07. The summed E-state index contributed by atoms with van der Waals surface area (Å²) in [6.45, 7) is 8.01. The molecule has 0 aromatic rings. The molecule has 2 fully saturated rings. The van der Waals surface area contributed by atoms with Crippen molar-refractivity contribution in [2.75, 3.05) is 39.8 Å². The molecular formula is C17H33N3O. The molecule has 1 N–H and O–H groups in total.